The minimum Gasteiger partial charge on any atom is -0.380 e. The Balaban J connectivity index is 2.37. The zero-order chi connectivity index (χ0) is 8.32. The maximum atomic E-state index is 5.42. The second kappa shape index (κ2) is 3.55. The molecule has 1 fully saturated rings. The summed E-state index contributed by atoms with van der Waals surface area (Å²) in [5.41, 5.74) is 0.229. The first-order valence-electron chi connectivity index (χ1n) is 4.48. The Morgan fingerprint density at radius 1 is 1.45 bits per heavy atom. The van der Waals surface area contributed by atoms with Crippen molar-refractivity contribution in [1.82, 2.24) is 5.32 Å². The van der Waals surface area contributed by atoms with E-state index in [4.69, 9.17) is 4.74 Å². The Labute approximate surface area is 69.3 Å². The zero-order valence-electron chi connectivity index (χ0n) is 7.81. The van der Waals surface area contributed by atoms with Gasteiger partial charge < -0.3 is 10.1 Å². The van der Waals surface area contributed by atoms with Crippen LogP contribution in [-0.2, 0) is 4.74 Å². The van der Waals surface area contributed by atoms with Gasteiger partial charge in [-0.15, -0.1) is 0 Å². The number of hydrogen-bond donors (Lipinski definition) is 1. The molecule has 1 N–H and O–H groups in total. The monoisotopic (exact) mass is 157 g/mol. The molecule has 0 aliphatic carbocycles. The summed E-state index contributed by atoms with van der Waals surface area (Å²) in [4.78, 5) is 0. The molecule has 0 radical (unpaired) electrons. The maximum absolute atomic E-state index is 5.42. The number of nitrogens with one attached hydrogen (secondary N) is 1. The molecule has 1 rings (SSSR count). The molecule has 0 amide bonds. The highest BCUT2D eigenvalue weighted by atomic mass is 16.5. The SMILES string of the molecule is CC(C)NC1(C)CCCOC1. The van der Waals surface area contributed by atoms with Crippen molar-refractivity contribution in [3.8, 4) is 0 Å². The van der Waals surface area contributed by atoms with E-state index in [1.165, 1.54) is 12.8 Å². The number of hydrogen-bond acceptors (Lipinski definition) is 2. The van der Waals surface area contributed by atoms with Gasteiger partial charge in [0.1, 0.15) is 0 Å². The molecule has 0 aromatic rings. The van der Waals surface area contributed by atoms with Crippen LogP contribution in [0.1, 0.15) is 33.6 Å². The molecule has 0 aromatic heterocycles. The summed E-state index contributed by atoms with van der Waals surface area (Å²) in [6.07, 6.45) is 2.43. The van der Waals surface area contributed by atoms with Crippen LogP contribution in [0.3, 0.4) is 0 Å². The van der Waals surface area contributed by atoms with Crippen molar-refractivity contribution in [3.05, 3.63) is 0 Å². The van der Waals surface area contributed by atoms with Crippen molar-refractivity contribution in [1.29, 1.82) is 0 Å². The van der Waals surface area contributed by atoms with Gasteiger partial charge in [0.2, 0.25) is 0 Å². The van der Waals surface area contributed by atoms with Crippen LogP contribution in [0.2, 0.25) is 0 Å². The van der Waals surface area contributed by atoms with Crippen molar-refractivity contribution >= 4 is 0 Å². The first-order valence-corrected chi connectivity index (χ1v) is 4.48. The van der Waals surface area contributed by atoms with Gasteiger partial charge in [-0.3, -0.25) is 0 Å². The molecule has 0 spiro atoms. The zero-order valence-corrected chi connectivity index (χ0v) is 7.81. The molecule has 1 aliphatic rings. The van der Waals surface area contributed by atoms with Crippen molar-refractivity contribution in [2.24, 2.45) is 0 Å². The van der Waals surface area contributed by atoms with Crippen LogP contribution in [0, 0.1) is 0 Å². The molecule has 0 aromatic carbocycles. The highest BCUT2D eigenvalue weighted by Gasteiger charge is 2.27. The van der Waals surface area contributed by atoms with Gasteiger partial charge in [0, 0.05) is 18.2 Å². The molecule has 66 valence electrons. The van der Waals surface area contributed by atoms with E-state index >= 15 is 0 Å². The van der Waals surface area contributed by atoms with Gasteiger partial charge in [-0.1, -0.05) is 13.8 Å². The lowest BCUT2D eigenvalue weighted by molar-refractivity contribution is 0.0250. The molecule has 0 saturated carbocycles. The van der Waals surface area contributed by atoms with E-state index in [1.54, 1.807) is 0 Å². The summed E-state index contributed by atoms with van der Waals surface area (Å²) in [6, 6.07) is 0.557. The molecule has 0 bridgehead atoms. The number of ether oxygens (including phenoxy) is 1. The third-order valence-electron chi connectivity index (χ3n) is 2.07. The summed E-state index contributed by atoms with van der Waals surface area (Å²) in [6.45, 7) is 8.41. The molecule has 2 nitrogen and oxygen atoms in total. The van der Waals surface area contributed by atoms with Crippen LogP contribution in [0.5, 0.6) is 0 Å². The first-order chi connectivity index (χ1) is 5.12. The summed E-state index contributed by atoms with van der Waals surface area (Å²) in [5, 5.41) is 3.53. The van der Waals surface area contributed by atoms with Crippen LogP contribution in [0.4, 0.5) is 0 Å². The van der Waals surface area contributed by atoms with E-state index < -0.39 is 0 Å². The fraction of sp³-hybridized carbons (Fsp3) is 1.00. The third-order valence-corrected chi connectivity index (χ3v) is 2.07. The summed E-state index contributed by atoms with van der Waals surface area (Å²) < 4.78 is 5.42. The molecule has 1 heterocycles. The van der Waals surface area contributed by atoms with Crippen molar-refractivity contribution < 1.29 is 4.74 Å². The van der Waals surface area contributed by atoms with Crippen molar-refractivity contribution in [2.45, 2.75) is 45.2 Å². The molecule has 1 saturated heterocycles. The van der Waals surface area contributed by atoms with Gasteiger partial charge in [-0.05, 0) is 19.8 Å². The molecule has 1 unspecified atom stereocenters. The topological polar surface area (TPSA) is 21.3 Å². The molecule has 1 atom stereocenters. The molecule has 2 heteroatoms. The van der Waals surface area contributed by atoms with Crippen molar-refractivity contribution in [3.63, 3.8) is 0 Å². The Kier molecular flexibility index (Phi) is 2.90. The van der Waals surface area contributed by atoms with E-state index in [1.807, 2.05) is 0 Å². The Hall–Kier alpha value is -0.0800. The molecular formula is C9H19NO. The van der Waals surface area contributed by atoms with Gasteiger partial charge in [-0.2, -0.15) is 0 Å². The highest BCUT2D eigenvalue weighted by Crippen LogP contribution is 2.18. The van der Waals surface area contributed by atoms with Gasteiger partial charge in [0.05, 0.1) is 6.61 Å². The summed E-state index contributed by atoms with van der Waals surface area (Å²) in [5.74, 6) is 0. The Morgan fingerprint density at radius 3 is 2.64 bits per heavy atom. The average Bonchev–Trinajstić information content (AvgIpc) is 1.85. The van der Waals surface area contributed by atoms with E-state index in [-0.39, 0.29) is 5.54 Å². The fourth-order valence-electron chi connectivity index (χ4n) is 1.74. The minimum atomic E-state index is 0.229. The Morgan fingerprint density at radius 2 is 2.18 bits per heavy atom. The predicted octanol–water partition coefficient (Wildman–Crippen LogP) is 1.55. The van der Waals surface area contributed by atoms with Crippen LogP contribution in [0.15, 0.2) is 0 Å². The predicted molar refractivity (Wildman–Crippen MR) is 46.7 cm³/mol. The number of rotatable bonds is 2. The van der Waals surface area contributed by atoms with Crippen LogP contribution >= 0.6 is 0 Å². The second-order valence-electron chi connectivity index (χ2n) is 4.02. The van der Waals surface area contributed by atoms with E-state index in [0.29, 0.717) is 6.04 Å². The lowest BCUT2D eigenvalue weighted by atomic mass is 9.94. The minimum absolute atomic E-state index is 0.229. The largest absolute Gasteiger partial charge is 0.380 e. The smallest absolute Gasteiger partial charge is 0.0645 e. The van der Waals surface area contributed by atoms with Gasteiger partial charge in [0.15, 0.2) is 0 Å². The van der Waals surface area contributed by atoms with E-state index in [2.05, 4.69) is 26.1 Å². The van der Waals surface area contributed by atoms with Gasteiger partial charge in [0.25, 0.3) is 0 Å². The van der Waals surface area contributed by atoms with Gasteiger partial charge in [-0.25, -0.2) is 0 Å². The average molecular weight is 157 g/mol. The lowest BCUT2D eigenvalue weighted by Crippen LogP contribution is -2.51. The first kappa shape index (κ1) is 9.01. The molecular weight excluding hydrogens is 138 g/mol. The summed E-state index contributed by atoms with van der Waals surface area (Å²) in [7, 11) is 0. The van der Waals surface area contributed by atoms with Crippen LogP contribution < -0.4 is 5.32 Å². The van der Waals surface area contributed by atoms with Crippen molar-refractivity contribution in [2.75, 3.05) is 13.2 Å². The Bertz CT molecular complexity index is 117. The summed E-state index contributed by atoms with van der Waals surface area (Å²) >= 11 is 0. The van der Waals surface area contributed by atoms with E-state index in [0.717, 1.165) is 13.2 Å². The van der Waals surface area contributed by atoms with Crippen LogP contribution in [0.25, 0.3) is 0 Å². The quantitative estimate of drug-likeness (QED) is 0.656. The fourth-order valence-corrected chi connectivity index (χ4v) is 1.74. The standard InChI is InChI=1S/C9H19NO/c1-8(2)10-9(3)5-4-6-11-7-9/h8,10H,4-7H2,1-3H3. The molecule has 11 heavy (non-hydrogen) atoms. The second-order valence-corrected chi connectivity index (χ2v) is 4.02. The van der Waals surface area contributed by atoms with Gasteiger partial charge >= 0.3 is 0 Å². The van der Waals surface area contributed by atoms with Crippen LogP contribution in [-0.4, -0.2) is 24.8 Å². The lowest BCUT2D eigenvalue weighted by Gasteiger charge is -2.36. The third kappa shape index (κ3) is 2.80. The van der Waals surface area contributed by atoms with E-state index in [9.17, 15) is 0 Å². The maximum Gasteiger partial charge on any atom is 0.0645 e. The normalized spacial score (nSPS) is 32.7. The molecule has 1 aliphatic heterocycles. The highest BCUT2D eigenvalue weighted by molar-refractivity contribution is 4.86.